The van der Waals surface area contributed by atoms with Crippen LogP contribution in [0.3, 0.4) is 0 Å². The molecule has 2 aromatic rings. The van der Waals surface area contributed by atoms with Crippen LogP contribution in [0.15, 0.2) is 46.8 Å². The molecule has 0 unspecified atom stereocenters. The topological polar surface area (TPSA) is 79.5 Å². The molecule has 2 rings (SSSR count). The molecule has 0 aliphatic heterocycles. The van der Waals surface area contributed by atoms with E-state index in [-0.39, 0.29) is 5.91 Å². The van der Waals surface area contributed by atoms with E-state index in [9.17, 15) is 4.79 Å². The number of carbonyl (C=O) groups excluding carboxylic acids is 1. The molecule has 23 heavy (non-hydrogen) atoms. The SMILES string of the molecule is CC(=O)Nc1ccc(CCNC(N)=NCCc2cccs2)cc1. The van der Waals surface area contributed by atoms with Crippen molar-refractivity contribution in [1.82, 2.24) is 5.32 Å². The standard InChI is InChI=1S/C17H22N4OS/c1-13(22)21-15-6-4-14(5-7-15)8-10-19-17(18)20-11-9-16-3-2-12-23-16/h2-7,12H,8-11H2,1H3,(H,21,22)(H3,18,19,20). The lowest BCUT2D eigenvalue weighted by Crippen LogP contribution is -2.33. The van der Waals surface area contributed by atoms with Crippen LogP contribution in [0.5, 0.6) is 0 Å². The van der Waals surface area contributed by atoms with E-state index in [4.69, 9.17) is 5.73 Å². The fraction of sp³-hybridized carbons (Fsp3) is 0.294. The number of hydrogen-bond donors (Lipinski definition) is 3. The minimum atomic E-state index is -0.0639. The van der Waals surface area contributed by atoms with Gasteiger partial charge in [0, 0.05) is 37.0 Å². The number of amides is 1. The monoisotopic (exact) mass is 330 g/mol. The molecule has 0 radical (unpaired) electrons. The van der Waals surface area contributed by atoms with Crippen molar-refractivity contribution in [3.63, 3.8) is 0 Å². The van der Waals surface area contributed by atoms with Crippen LogP contribution in [0.2, 0.25) is 0 Å². The summed E-state index contributed by atoms with van der Waals surface area (Å²) < 4.78 is 0. The van der Waals surface area contributed by atoms with Crippen LogP contribution in [-0.2, 0) is 17.6 Å². The largest absolute Gasteiger partial charge is 0.370 e. The fourth-order valence-corrected chi connectivity index (χ4v) is 2.79. The van der Waals surface area contributed by atoms with Gasteiger partial charge >= 0.3 is 0 Å². The molecule has 1 aromatic heterocycles. The summed E-state index contributed by atoms with van der Waals surface area (Å²) in [7, 11) is 0. The number of nitrogens with zero attached hydrogens (tertiary/aromatic N) is 1. The Hall–Kier alpha value is -2.34. The molecule has 6 heteroatoms. The van der Waals surface area contributed by atoms with Gasteiger partial charge in [-0.1, -0.05) is 18.2 Å². The highest BCUT2D eigenvalue weighted by atomic mass is 32.1. The van der Waals surface area contributed by atoms with Gasteiger partial charge in [-0.15, -0.1) is 11.3 Å². The third-order valence-electron chi connectivity index (χ3n) is 3.21. The molecular weight excluding hydrogens is 308 g/mol. The Kier molecular flexibility index (Phi) is 6.62. The van der Waals surface area contributed by atoms with Gasteiger partial charge < -0.3 is 16.4 Å². The van der Waals surface area contributed by atoms with Crippen LogP contribution >= 0.6 is 11.3 Å². The van der Waals surface area contributed by atoms with Crippen molar-refractivity contribution in [2.24, 2.45) is 10.7 Å². The molecule has 1 heterocycles. The summed E-state index contributed by atoms with van der Waals surface area (Å²) in [5.74, 6) is 0.419. The van der Waals surface area contributed by atoms with E-state index in [0.717, 1.165) is 25.1 Å². The van der Waals surface area contributed by atoms with Gasteiger partial charge in [-0.3, -0.25) is 9.79 Å². The predicted octanol–water partition coefficient (Wildman–Crippen LogP) is 2.40. The Morgan fingerprint density at radius 3 is 2.65 bits per heavy atom. The van der Waals surface area contributed by atoms with Crippen molar-refractivity contribution >= 4 is 28.9 Å². The lowest BCUT2D eigenvalue weighted by Gasteiger charge is -2.07. The number of aliphatic imine (C=N–C) groups is 1. The third-order valence-corrected chi connectivity index (χ3v) is 4.15. The van der Waals surface area contributed by atoms with E-state index in [0.29, 0.717) is 12.5 Å². The van der Waals surface area contributed by atoms with Gasteiger partial charge in [0.05, 0.1) is 0 Å². The number of carbonyl (C=O) groups is 1. The van der Waals surface area contributed by atoms with Crippen LogP contribution in [0.25, 0.3) is 0 Å². The molecule has 122 valence electrons. The van der Waals surface area contributed by atoms with Gasteiger partial charge in [-0.25, -0.2) is 0 Å². The van der Waals surface area contributed by atoms with Crippen molar-refractivity contribution in [1.29, 1.82) is 0 Å². The van der Waals surface area contributed by atoms with Gasteiger partial charge in [-0.05, 0) is 35.6 Å². The molecular formula is C17H22N4OS. The summed E-state index contributed by atoms with van der Waals surface area (Å²) in [6.07, 6.45) is 1.77. The van der Waals surface area contributed by atoms with Gasteiger partial charge in [-0.2, -0.15) is 0 Å². The van der Waals surface area contributed by atoms with E-state index in [1.807, 2.05) is 30.3 Å². The Labute approximate surface area is 140 Å². The zero-order valence-corrected chi connectivity index (χ0v) is 14.0. The molecule has 1 amide bonds. The van der Waals surface area contributed by atoms with Crippen molar-refractivity contribution in [2.75, 3.05) is 18.4 Å². The van der Waals surface area contributed by atoms with Crippen molar-refractivity contribution < 1.29 is 4.79 Å². The molecule has 5 nitrogen and oxygen atoms in total. The number of thiophene rings is 1. The first kappa shape index (κ1) is 17.0. The fourth-order valence-electron chi connectivity index (χ4n) is 2.09. The van der Waals surface area contributed by atoms with E-state index in [1.54, 1.807) is 11.3 Å². The molecule has 0 saturated carbocycles. The lowest BCUT2D eigenvalue weighted by atomic mass is 10.1. The molecule has 1 aromatic carbocycles. The Bertz CT molecular complexity index is 635. The van der Waals surface area contributed by atoms with Crippen molar-refractivity contribution in [2.45, 2.75) is 19.8 Å². The second kappa shape index (κ2) is 8.95. The highest BCUT2D eigenvalue weighted by Gasteiger charge is 1.98. The minimum Gasteiger partial charge on any atom is -0.370 e. The molecule has 0 spiro atoms. The highest BCUT2D eigenvalue weighted by Crippen LogP contribution is 2.10. The number of guanidine groups is 1. The van der Waals surface area contributed by atoms with Gasteiger partial charge in [0.1, 0.15) is 0 Å². The first-order valence-corrected chi connectivity index (χ1v) is 8.44. The van der Waals surface area contributed by atoms with E-state index in [2.05, 4.69) is 27.1 Å². The molecule has 4 N–H and O–H groups in total. The van der Waals surface area contributed by atoms with Crippen LogP contribution in [-0.4, -0.2) is 25.0 Å². The molecule has 0 aliphatic carbocycles. The summed E-state index contributed by atoms with van der Waals surface area (Å²) in [5.41, 5.74) is 7.84. The van der Waals surface area contributed by atoms with E-state index in [1.165, 1.54) is 17.4 Å². The van der Waals surface area contributed by atoms with Crippen LogP contribution in [0, 0.1) is 0 Å². The summed E-state index contributed by atoms with van der Waals surface area (Å²) >= 11 is 1.74. The maximum Gasteiger partial charge on any atom is 0.221 e. The zero-order chi connectivity index (χ0) is 16.5. The summed E-state index contributed by atoms with van der Waals surface area (Å²) in [4.78, 5) is 16.6. The third kappa shape index (κ3) is 6.52. The number of anilines is 1. The Morgan fingerprint density at radius 2 is 2.00 bits per heavy atom. The average molecular weight is 330 g/mol. The van der Waals surface area contributed by atoms with Crippen LogP contribution in [0.4, 0.5) is 5.69 Å². The summed E-state index contributed by atoms with van der Waals surface area (Å²) in [6, 6.07) is 11.9. The van der Waals surface area contributed by atoms with E-state index >= 15 is 0 Å². The van der Waals surface area contributed by atoms with Crippen LogP contribution < -0.4 is 16.4 Å². The maximum absolute atomic E-state index is 11.0. The summed E-state index contributed by atoms with van der Waals surface area (Å²) in [6.45, 7) is 2.93. The molecule has 0 bridgehead atoms. The molecule has 0 saturated heterocycles. The Balaban J connectivity index is 1.68. The quantitative estimate of drug-likeness (QED) is 0.539. The second-order valence-corrected chi connectivity index (χ2v) is 6.18. The smallest absolute Gasteiger partial charge is 0.221 e. The first-order chi connectivity index (χ1) is 11.1. The van der Waals surface area contributed by atoms with Crippen molar-refractivity contribution in [3.05, 3.63) is 52.2 Å². The van der Waals surface area contributed by atoms with Crippen molar-refractivity contribution in [3.8, 4) is 0 Å². The maximum atomic E-state index is 11.0. The molecule has 0 aliphatic rings. The number of nitrogens with two attached hydrogens (primary N) is 1. The van der Waals surface area contributed by atoms with E-state index < -0.39 is 0 Å². The number of benzene rings is 1. The number of rotatable bonds is 7. The Morgan fingerprint density at radius 1 is 1.22 bits per heavy atom. The normalized spacial score (nSPS) is 11.3. The van der Waals surface area contributed by atoms with Gasteiger partial charge in [0.2, 0.25) is 5.91 Å². The average Bonchev–Trinajstić information content (AvgIpc) is 3.02. The second-order valence-electron chi connectivity index (χ2n) is 5.15. The highest BCUT2D eigenvalue weighted by molar-refractivity contribution is 7.09. The number of hydrogen-bond acceptors (Lipinski definition) is 3. The molecule has 0 atom stereocenters. The summed E-state index contributed by atoms with van der Waals surface area (Å²) in [5, 5.41) is 7.93. The number of nitrogens with one attached hydrogen (secondary N) is 2. The lowest BCUT2D eigenvalue weighted by molar-refractivity contribution is -0.114. The van der Waals surface area contributed by atoms with Crippen LogP contribution in [0.1, 0.15) is 17.4 Å². The minimum absolute atomic E-state index is 0.0639. The molecule has 0 fully saturated rings. The zero-order valence-electron chi connectivity index (χ0n) is 13.2. The van der Waals surface area contributed by atoms with Gasteiger partial charge in [0.15, 0.2) is 5.96 Å². The first-order valence-electron chi connectivity index (χ1n) is 7.56. The van der Waals surface area contributed by atoms with Gasteiger partial charge in [0.25, 0.3) is 0 Å². The predicted molar refractivity (Wildman–Crippen MR) is 97.0 cm³/mol.